The predicted octanol–water partition coefficient (Wildman–Crippen LogP) is 5.14. The van der Waals surface area contributed by atoms with Gasteiger partial charge >= 0.3 is 0 Å². The molecule has 0 amide bonds. The molecule has 3 aromatic carbocycles. The van der Waals surface area contributed by atoms with Gasteiger partial charge in [-0.25, -0.2) is 0 Å². The Morgan fingerprint density at radius 2 is 1.60 bits per heavy atom. The van der Waals surface area contributed by atoms with Crippen molar-refractivity contribution in [2.24, 2.45) is 0 Å². The van der Waals surface area contributed by atoms with Crippen LogP contribution in [0.4, 0.5) is 0 Å². The van der Waals surface area contributed by atoms with Crippen molar-refractivity contribution < 1.29 is 14.3 Å². The van der Waals surface area contributed by atoms with Gasteiger partial charge in [0.25, 0.3) is 0 Å². The third-order valence-electron chi connectivity index (χ3n) is 4.04. The van der Waals surface area contributed by atoms with Gasteiger partial charge in [-0.15, -0.1) is 0 Å². The molecule has 0 aliphatic carbocycles. The molecular formula is C22H20O3. The number of benzene rings is 3. The summed E-state index contributed by atoms with van der Waals surface area (Å²) in [5, 5.41) is 0. The maximum absolute atomic E-state index is 11.6. The Labute approximate surface area is 147 Å². The molecule has 0 saturated carbocycles. The van der Waals surface area contributed by atoms with Gasteiger partial charge in [-0.1, -0.05) is 48.5 Å². The fourth-order valence-electron chi connectivity index (χ4n) is 2.71. The third-order valence-corrected chi connectivity index (χ3v) is 4.04. The van der Waals surface area contributed by atoms with Crippen LogP contribution in [0.25, 0.3) is 11.1 Å². The zero-order valence-electron chi connectivity index (χ0n) is 14.4. The minimum atomic E-state index is 0.0218. The number of rotatable bonds is 6. The van der Waals surface area contributed by atoms with Crippen LogP contribution in [0.5, 0.6) is 11.5 Å². The highest BCUT2D eigenvalue weighted by molar-refractivity contribution is 5.94. The number of methoxy groups -OCH3 is 1. The molecule has 0 saturated heterocycles. The number of hydrogen-bond acceptors (Lipinski definition) is 3. The Hall–Kier alpha value is -3.07. The molecule has 3 heteroatoms. The Morgan fingerprint density at radius 1 is 0.880 bits per heavy atom. The van der Waals surface area contributed by atoms with Crippen molar-refractivity contribution >= 4 is 5.78 Å². The average Bonchev–Trinajstić information content (AvgIpc) is 2.67. The molecule has 3 nitrogen and oxygen atoms in total. The van der Waals surface area contributed by atoms with Crippen LogP contribution < -0.4 is 9.47 Å². The van der Waals surface area contributed by atoms with E-state index in [9.17, 15) is 4.79 Å². The topological polar surface area (TPSA) is 35.5 Å². The summed E-state index contributed by atoms with van der Waals surface area (Å²) in [6.45, 7) is 1.88. The Balaban J connectivity index is 1.88. The van der Waals surface area contributed by atoms with Gasteiger partial charge in [-0.05, 0) is 36.8 Å². The summed E-state index contributed by atoms with van der Waals surface area (Å²) in [6.07, 6.45) is 0. The highest BCUT2D eigenvalue weighted by Gasteiger charge is 2.10. The number of carbonyl (C=O) groups excluding carboxylic acids is 1. The molecule has 0 heterocycles. The van der Waals surface area contributed by atoms with Crippen molar-refractivity contribution in [3.63, 3.8) is 0 Å². The first kappa shape index (κ1) is 16.8. The van der Waals surface area contributed by atoms with Crippen LogP contribution in [0.15, 0.2) is 72.8 Å². The minimum Gasteiger partial charge on any atom is -0.496 e. The molecule has 0 radical (unpaired) electrons. The zero-order chi connectivity index (χ0) is 17.6. The molecular weight excluding hydrogens is 312 g/mol. The van der Waals surface area contributed by atoms with Gasteiger partial charge in [-0.3, -0.25) is 4.79 Å². The standard InChI is InChI=1S/C22H20O3/c1-16(23)18-12-13-21(24-2)19(14-18)15-25-22-11-7-6-10-20(22)17-8-4-3-5-9-17/h3-14H,15H2,1-2H3. The van der Waals surface area contributed by atoms with E-state index in [0.29, 0.717) is 17.9 Å². The summed E-state index contributed by atoms with van der Waals surface area (Å²) in [5.74, 6) is 1.53. The highest BCUT2D eigenvalue weighted by Crippen LogP contribution is 2.31. The summed E-state index contributed by atoms with van der Waals surface area (Å²) in [7, 11) is 1.62. The minimum absolute atomic E-state index is 0.0218. The molecule has 0 aliphatic rings. The largest absolute Gasteiger partial charge is 0.496 e. The average molecular weight is 332 g/mol. The molecule has 0 bridgehead atoms. The summed E-state index contributed by atoms with van der Waals surface area (Å²) >= 11 is 0. The van der Waals surface area contributed by atoms with Crippen LogP contribution in [0.3, 0.4) is 0 Å². The molecule has 0 spiro atoms. The smallest absolute Gasteiger partial charge is 0.159 e. The lowest BCUT2D eigenvalue weighted by atomic mass is 10.0. The van der Waals surface area contributed by atoms with Crippen LogP contribution in [0, 0.1) is 0 Å². The van der Waals surface area contributed by atoms with Gasteiger partial charge in [0, 0.05) is 16.7 Å². The molecule has 3 rings (SSSR count). The van der Waals surface area contributed by atoms with Crippen molar-refractivity contribution in [3.05, 3.63) is 83.9 Å². The van der Waals surface area contributed by atoms with E-state index in [2.05, 4.69) is 12.1 Å². The lowest BCUT2D eigenvalue weighted by Crippen LogP contribution is -2.02. The van der Waals surface area contributed by atoms with Crippen molar-refractivity contribution in [2.45, 2.75) is 13.5 Å². The predicted molar refractivity (Wildman–Crippen MR) is 99.2 cm³/mol. The first-order valence-corrected chi connectivity index (χ1v) is 8.14. The van der Waals surface area contributed by atoms with Gasteiger partial charge in [0.1, 0.15) is 18.1 Å². The van der Waals surface area contributed by atoms with Crippen molar-refractivity contribution in [3.8, 4) is 22.6 Å². The maximum atomic E-state index is 11.6. The van der Waals surface area contributed by atoms with Crippen LogP contribution in [0.2, 0.25) is 0 Å². The van der Waals surface area contributed by atoms with E-state index in [-0.39, 0.29) is 5.78 Å². The number of Topliss-reactive ketones (excluding diaryl/α,β-unsaturated/α-hetero) is 1. The summed E-state index contributed by atoms with van der Waals surface area (Å²) in [4.78, 5) is 11.6. The van der Waals surface area contributed by atoms with Gasteiger partial charge < -0.3 is 9.47 Å². The molecule has 0 fully saturated rings. The first-order valence-electron chi connectivity index (χ1n) is 8.14. The van der Waals surface area contributed by atoms with E-state index in [1.165, 1.54) is 0 Å². The van der Waals surface area contributed by atoms with Crippen LogP contribution in [-0.4, -0.2) is 12.9 Å². The summed E-state index contributed by atoms with van der Waals surface area (Å²) < 4.78 is 11.5. The van der Waals surface area contributed by atoms with Gasteiger partial charge in [0.15, 0.2) is 5.78 Å². The number of ether oxygens (including phenoxy) is 2. The second-order valence-corrected chi connectivity index (χ2v) is 5.73. The van der Waals surface area contributed by atoms with Gasteiger partial charge in [0.05, 0.1) is 7.11 Å². The summed E-state index contributed by atoms with van der Waals surface area (Å²) in [5.41, 5.74) is 3.63. The SMILES string of the molecule is COc1ccc(C(C)=O)cc1COc1ccccc1-c1ccccc1. The van der Waals surface area contributed by atoms with E-state index in [1.807, 2.05) is 48.5 Å². The number of para-hydroxylation sites is 1. The molecule has 3 aromatic rings. The van der Waals surface area contributed by atoms with Crippen molar-refractivity contribution in [2.75, 3.05) is 7.11 Å². The van der Waals surface area contributed by atoms with Crippen molar-refractivity contribution in [1.82, 2.24) is 0 Å². The molecule has 0 aliphatic heterocycles. The fraction of sp³-hybridized carbons (Fsp3) is 0.136. The lowest BCUT2D eigenvalue weighted by Gasteiger charge is -2.14. The van der Waals surface area contributed by atoms with Crippen molar-refractivity contribution in [1.29, 1.82) is 0 Å². The van der Waals surface area contributed by atoms with E-state index in [0.717, 1.165) is 22.4 Å². The molecule has 0 unspecified atom stereocenters. The highest BCUT2D eigenvalue weighted by atomic mass is 16.5. The van der Waals surface area contributed by atoms with E-state index >= 15 is 0 Å². The second-order valence-electron chi connectivity index (χ2n) is 5.73. The fourth-order valence-corrected chi connectivity index (χ4v) is 2.71. The lowest BCUT2D eigenvalue weighted by molar-refractivity contribution is 0.101. The Morgan fingerprint density at radius 3 is 2.32 bits per heavy atom. The first-order chi connectivity index (χ1) is 12.2. The third kappa shape index (κ3) is 3.89. The van der Waals surface area contributed by atoms with E-state index in [4.69, 9.17) is 9.47 Å². The molecule has 126 valence electrons. The maximum Gasteiger partial charge on any atom is 0.159 e. The van der Waals surface area contributed by atoms with E-state index < -0.39 is 0 Å². The molecule has 0 aromatic heterocycles. The van der Waals surface area contributed by atoms with Crippen LogP contribution >= 0.6 is 0 Å². The molecule has 25 heavy (non-hydrogen) atoms. The Kier molecular flexibility index (Phi) is 5.14. The normalized spacial score (nSPS) is 10.3. The van der Waals surface area contributed by atoms with E-state index in [1.54, 1.807) is 26.2 Å². The Bertz CT molecular complexity index is 869. The quantitative estimate of drug-likeness (QED) is 0.586. The van der Waals surface area contributed by atoms with Gasteiger partial charge in [0.2, 0.25) is 0 Å². The second kappa shape index (κ2) is 7.67. The summed E-state index contributed by atoms with van der Waals surface area (Å²) in [6, 6.07) is 23.4. The van der Waals surface area contributed by atoms with Gasteiger partial charge in [-0.2, -0.15) is 0 Å². The number of carbonyl (C=O) groups is 1. The zero-order valence-corrected chi connectivity index (χ0v) is 14.4. The number of hydrogen-bond donors (Lipinski definition) is 0. The van der Waals surface area contributed by atoms with Crippen LogP contribution in [-0.2, 0) is 6.61 Å². The van der Waals surface area contributed by atoms with Crippen LogP contribution in [0.1, 0.15) is 22.8 Å². The molecule has 0 atom stereocenters. The molecule has 0 N–H and O–H groups in total. The number of ketones is 1. The monoisotopic (exact) mass is 332 g/mol.